The Kier molecular flexibility index (Phi) is 5.74. The van der Waals surface area contributed by atoms with Crippen molar-refractivity contribution in [3.63, 3.8) is 0 Å². The number of benzene rings is 1. The Morgan fingerprint density at radius 3 is 2.79 bits per heavy atom. The molecule has 5 heteroatoms. The van der Waals surface area contributed by atoms with Crippen molar-refractivity contribution in [2.24, 2.45) is 0 Å². The van der Waals surface area contributed by atoms with Crippen molar-refractivity contribution in [3.05, 3.63) is 36.9 Å². The van der Waals surface area contributed by atoms with Gasteiger partial charge in [-0.1, -0.05) is 18.6 Å². The Balaban J connectivity index is 1.56. The molecule has 3 rings (SSSR count). The van der Waals surface area contributed by atoms with Gasteiger partial charge in [-0.25, -0.2) is 0 Å². The van der Waals surface area contributed by atoms with E-state index in [-0.39, 0.29) is 0 Å². The highest BCUT2D eigenvalue weighted by molar-refractivity contribution is 7.80. The number of nitrogens with zero attached hydrogens (tertiary/aromatic N) is 1. The monoisotopic (exact) mass is 345 g/mol. The summed E-state index contributed by atoms with van der Waals surface area (Å²) in [5.41, 5.74) is 0.955. The summed E-state index contributed by atoms with van der Waals surface area (Å²) < 4.78 is 5.25. The summed E-state index contributed by atoms with van der Waals surface area (Å²) in [6, 6.07) is 9.61. The van der Waals surface area contributed by atoms with Gasteiger partial charge in [0.05, 0.1) is 7.11 Å². The Morgan fingerprint density at radius 2 is 2.12 bits per heavy atom. The number of rotatable bonds is 5. The minimum atomic E-state index is 0.451. The Morgan fingerprint density at radius 1 is 1.38 bits per heavy atom. The predicted octanol–water partition coefficient (Wildman–Crippen LogP) is 3.55. The van der Waals surface area contributed by atoms with Gasteiger partial charge in [-0.05, 0) is 50.0 Å². The molecule has 3 atom stereocenters. The van der Waals surface area contributed by atoms with Crippen LogP contribution in [0.4, 0.5) is 5.69 Å². The molecule has 4 nitrogen and oxygen atoms in total. The maximum absolute atomic E-state index is 5.52. The average molecular weight is 346 g/mol. The zero-order valence-corrected chi connectivity index (χ0v) is 15.1. The molecule has 2 N–H and O–H groups in total. The summed E-state index contributed by atoms with van der Waals surface area (Å²) in [6.45, 7) is 4.92. The van der Waals surface area contributed by atoms with Crippen molar-refractivity contribution in [2.45, 2.75) is 50.2 Å². The summed E-state index contributed by atoms with van der Waals surface area (Å²) in [6.07, 6.45) is 8.28. The molecule has 0 aromatic heterocycles. The first-order chi connectivity index (χ1) is 11.7. The lowest BCUT2D eigenvalue weighted by Gasteiger charge is -2.48. The molecule has 1 aromatic rings. The van der Waals surface area contributed by atoms with Crippen molar-refractivity contribution in [1.82, 2.24) is 10.2 Å². The fraction of sp³-hybridized carbons (Fsp3) is 0.526. The van der Waals surface area contributed by atoms with E-state index in [1.165, 1.54) is 19.3 Å². The van der Waals surface area contributed by atoms with Crippen LogP contribution in [0.1, 0.15) is 32.1 Å². The molecule has 2 bridgehead atoms. The van der Waals surface area contributed by atoms with E-state index in [0.717, 1.165) is 30.8 Å². The van der Waals surface area contributed by atoms with Crippen LogP contribution in [-0.4, -0.2) is 41.8 Å². The SMILES string of the molecule is C=CCN1[C@@H]2CCC[C@H]1CC(NC(=S)Nc1cccc(OC)c1)C2. The summed E-state index contributed by atoms with van der Waals surface area (Å²) >= 11 is 5.52. The van der Waals surface area contributed by atoms with Gasteiger partial charge in [0.15, 0.2) is 5.11 Å². The minimum Gasteiger partial charge on any atom is -0.497 e. The third kappa shape index (κ3) is 4.08. The number of hydrogen-bond acceptors (Lipinski definition) is 3. The lowest BCUT2D eigenvalue weighted by molar-refractivity contribution is 0.0389. The first-order valence-electron chi connectivity index (χ1n) is 8.78. The number of piperidine rings is 2. The highest BCUT2D eigenvalue weighted by atomic mass is 32.1. The number of fused-ring (bicyclic) bond motifs is 2. The number of thiocarbonyl (C=S) groups is 1. The van der Waals surface area contributed by atoms with Gasteiger partial charge in [-0.2, -0.15) is 0 Å². The van der Waals surface area contributed by atoms with E-state index in [2.05, 4.69) is 22.1 Å². The van der Waals surface area contributed by atoms with Gasteiger partial charge in [0.1, 0.15) is 5.75 Å². The Labute approximate surface area is 150 Å². The molecule has 0 spiro atoms. The van der Waals surface area contributed by atoms with Crippen molar-refractivity contribution in [1.29, 1.82) is 0 Å². The van der Waals surface area contributed by atoms with Crippen molar-refractivity contribution < 1.29 is 4.74 Å². The molecule has 1 unspecified atom stereocenters. The van der Waals surface area contributed by atoms with E-state index in [4.69, 9.17) is 17.0 Å². The number of nitrogens with one attached hydrogen (secondary N) is 2. The fourth-order valence-electron chi connectivity index (χ4n) is 4.10. The molecule has 2 heterocycles. The van der Waals surface area contributed by atoms with Gasteiger partial charge < -0.3 is 15.4 Å². The second-order valence-electron chi connectivity index (χ2n) is 6.72. The maximum Gasteiger partial charge on any atom is 0.170 e. The molecular formula is C19H27N3OS. The molecule has 24 heavy (non-hydrogen) atoms. The first-order valence-corrected chi connectivity index (χ1v) is 9.18. The van der Waals surface area contributed by atoms with Crippen LogP contribution in [0.2, 0.25) is 0 Å². The van der Waals surface area contributed by atoms with E-state index in [1.807, 2.05) is 30.3 Å². The van der Waals surface area contributed by atoms with Crippen LogP contribution >= 0.6 is 12.2 Å². The fourth-order valence-corrected chi connectivity index (χ4v) is 4.38. The second kappa shape index (κ2) is 7.99. The average Bonchev–Trinajstić information content (AvgIpc) is 2.56. The lowest BCUT2D eigenvalue weighted by Crippen LogP contribution is -2.57. The number of anilines is 1. The third-order valence-electron chi connectivity index (χ3n) is 5.13. The molecule has 0 radical (unpaired) electrons. The van der Waals surface area contributed by atoms with Crippen LogP contribution in [-0.2, 0) is 0 Å². The van der Waals surface area contributed by atoms with Gasteiger partial charge >= 0.3 is 0 Å². The molecule has 1 aromatic carbocycles. The third-order valence-corrected chi connectivity index (χ3v) is 5.35. The Hall–Kier alpha value is -1.59. The van der Waals surface area contributed by atoms with Crippen LogP contribution in [0.25, 0.3) is 0 Å². The second-order valence-corrected chi connectivity index (χ2v) is 7.13. The van der Waals surface area contributed by atoms with E-state index in [9.17, 15) is 0 Å². The number of methoxy groups -OCH3 is 1. The zero-order valence-electron chi connectivity index (χ0n) is 14.3. The van der Waals surface area contributed by atoms with Crippen LogP contribution in [0.15, 0.2) is 36.9 Å². The molecule has 2 aliphatic heterocycles. The quantitative estimate of drug-likeness (QED) is 0.630. The van der Waals surface area contributed by atoms with Crippen LogP contribution < -0.4 is 15.4 Å². The van der Waals surface area contributed by atoms with Crippen molar-refractivity contribution in [2.75, 3.05) is 19.0 Å². The summed E-state index contributed by atoms with van der Waals surface area (Å²) in [7, 11) is 1.67. The molecule has 0 amide bonds. The molecule has 2 saturated heterocycles. The highest BCUT2D eigenvalue weighted by Gasteiger charge is 2.37. The largest absolute Gasteiger partial charge is 0.497 e. The molecule has 0 aliphatic carbocycles. The van der Waals surface area contributed by atoms with E-state index in [1.54, 1.807) is 7.11 Å². The molecular weight excluding hydrogens is 318 g/mol. The lowest BCUT2D eigenvalue weighted by atomic mass is 9.82. The Bertz CT molecular complexity index is 578. The van der Waals surface area contributed by atoms with Gasteiger partial charge in [0.2, 0.25) is 0 Å². The van der Waals surface area contributed by atoms with Gasteiger partial charge in [-0.3, -0.25) is 4.90 Å². The summed E-state index contributed by atoms with van der Waals surface area (Å²) in [4.78, 5) is 2.63. The summed E-state index contributed by atoms with van der Waals surface area (Å²) in [5.74, 6) is 0.829. The number of hydrogen-bond donors (Lipinski definition) is 2. The van der Waals surface area contributed by atoms with E-state index >= 15 is 0 Å². The topological polar surface area (TPSA) is 36.5 Å². The van der Waals surface area contributed by atoms with Crippen LogP contribution in [0.5, 0.6) is 5.75 Å². The molecule has 0 saturated carbocycles. The predicted molar refractivity (Wildman–Crippen MR) is 104 cm³/mol. The standard InChI is InChI=1S/C19H27N3OS/c1-3-10-22-16-7-5-8-17(22)12-15(11-16)21-19(24)20-14-6-4-9-18(13-14)23-2/h3-4,6,9,13,15-17H,1,5,7-8,10-12H2,2H3,(H2,20,21,24)/t15?,16-,17+. The van der Waals surface area contributed by atoms with E-state index in [0.29, 0.717) is 23.2 Å². The first kappa shape index (κ1) is 17.2. The summed E-state index contributed by atoms with van der Waals surface area (Å²) in [5, 5.41) is 7.50. The molecule has 2 fully saturated rings. The highest BCUT2D eigenvalue weighted by Crippen LogP contribution is 2.33. The van der Waals surface area contributed by atoms with Gasteiger partial charge in [-0.15, -0.1) is 6.58 Å². The molecule has 130 valence electrons. The smallest absolute Gasteiger partial charge is 0.170 e. The molecule has 2 aliphatic rings. The van der Waals surface area contributed by atoms with Crippen LogP contribution in [0, 0.1) is 0 Å². The van der Waals surface area contributed by atoms with Gasteiger partial charge in [0, 0.05) is 36.4 Å². The number of ether oxygens (including phenoxy) is 1. The van der Waals surface area contributed by atoms with E-state index < -0.39 is 0 Å². The maximum atomic E-state index is 5.52. The van der Waals surface area contributed by atoms with Crippen LogP contribution in [0.3, 0.4) is 0 Å². The minimum absolute atomic E-state index is 0.451. The zero-order chi connectivity index (χ0) is 16.9. The van der Waals surface area contributed by atoms with Crippen molar-refractivity contribution >= 4 is 23.0 Å². The van der Waals surface area contributed by atoms with Gasteiger partial charge in [0.25, 0.3) is 0 Å². The van der Waals surface area contributed by atoms with Crippen molar-refractivity contribution in [3.8, 4) is 5.75 Å². The normalized spacial score (nSPS) is 26.5.